The van der Waals surface area contributed by atoms with Gasteiger partial charge in [0.1, 0.15) is 10.2 Å². The van der Waals surface area contributed by atoms with Crippen molar-refractivity contribution in [2.75, 3.05) is 5.32 Å². The Morgan fingerprint density at radius 1 is 1.33 bits per heavy atom. The van der Waals surface area contributed by atoms with Crippen molar-refractivity contribution in [3.8, 4) is 0 Å². The van der Waals surface area contributed by atoms with Crippen LogP contribution in [-0.2, 0) is 0 Å². The molecule has 0 aromatic carbocycles. The SMILES string of the molecule is Cc1ccc(C(=O)Nc2ccc(Br)nc2)c(=O)[nH]1. The number of aryl methyl sites for hydroxylation is 1. The molecule has 92 valence electrons. The number of aromatic amines is 1. The van der Waals surface area contributed by atoms with Gasteiger partial charge in [0, 0.05) is 5.69 Å². The molecule has 0 fully saturated rings. The third-order valence-electron chi connectivity index (χ3n) is 2.29. The van der Waals surface area contributed by atoms with Gasteiger partial charge in [0.2, 0.25) is 0 Å². The van der Waals surface area contributed by atoms with E-state index < -0.39 is 11.5 Å². The Hall–Kier alpha value is -1.95. The minimum atomic E-state index is -0.458. The van der Waals surface area contributed by atoms with Crippen molar-refractivity contribution in [2.24, 2.45) is 0 Å². The lowest BCUT2D eigenvalue weighted by molar-refractivity contribution is 0.102. The molecule has 2 rings (SSSR count). The highest BCUT2D eigenvalue weighted by Crippen LogP contribution is 2.11. The van der Waals surface area contributed by atoms with E-state index in [2.05, 4.69) is 31.2 Å². The Kier molecular flexibility index (Phi) is 3.57. The lowest BCUT2D eigenvalue weighted by Crippen LogP contribution is -2.23. The van der Waals surface area contributed by atoms with Gasteiger partial charge in [0.25, 0.3) is 11.5 Å². The lowest BCUT2D eigenvalue weighted by Gasteiger charge is -2.04. The molecular weight excluding hydrogens is 298 g/mol. The first-order chi connectivity index (χ1) is 8.56. The predicted octanol–water partition coefficient (Wildman–Crippen LogP) is 2.09. The molecule has 2 aromatic heterocycles. The summed E-state index contributed by atoms with van der Waals surface area (Å²) in [6, 6.07) is 6.57. The molecule has 0 aliphatic carbocycles. The molecule has 0 spiro atoms. The minimum absolute atomic E-state index is 0.0727. The minimum Gasteiger partial charge on any atom is -0.326 e. The van der Waals surface area contributed by atoms with Gasteiger partial charge in [0.15, 0.2) is 0 Å². The molecule has 5 nitrogen and oxygen atoms in total. The van der Waals surface area contributed by atoms with Gasteiger partial charge in [0.05, 0.1) is 11.9 Å². The number of nitrogens with one attached hydrogen (secondary N) is 2. The summed E-state index contributed by atoms with van der Waals surface area (Å²) in [6.07, 6.45) is 1.50. The van der Waals surface area contributed by atoms with E-state index in [0.717, 1.165) is 0 Å². The van der Waals surface area contributed by atoms with Crippen LogP contribution >= 0.6 is 15.9 Å². The maximum Gasteiger partial charge on any atom is 0.261 e. The fraction of sp³-hybridized carbons (Fsp3) is 0.0833. The van der Waals surface area contributed by atoms with Crippen molar-refractivity contribution in [1.82, 2.24) is 9.97 Å². The normalized spacial score (nSPS) is 10.1. The maximum atomic E-state index is 11.9. The molecule has 0 aliphatic heterocycles. The Bertz CT molecular complexity index is 635. The molecule has 0 unspecified atom stereocenters. The number of carbonyl (C=O) groups is 1. The Balaban J connectivity index is 2.22. The van der Waals surface area contributed by atoms with E-state index in [1.165, 1.54) is 12.3 Å². The summed E-state index contributed by atoms with van der Waals surface area (Å²) >= 11 is 3.20. The quantitative estimate of drug-likeness (QED) is 0.834. The van der Waals surface area contributed by atoms with Gasteiger partial charge in [-0.2, -0.15) is 0 Å². The van der Waals surface area contributed by atoms with Crippen LogP contribution in [0.5, 0.6) is 0 Å². The fourth-order valence-electron chi connectivity index (χ4n) is 1.40. The van der Waals surface area contributed by atoms with Crippen molar-refractivity contribution in [3.63, 3.8) is 0 Å². The highest BCUT2D eigenvalue weighted by atomic mass is 79.9. The average Bonchev–Trinajstić information content (AvgIpc) is 2.32. The van der Waals surface area contributed by atoms with Gasteiger partial charge in [-0.25, -0.2) is 4.98 Å². The smallest absolute Gasteiger partial charge is 0.261 e. The number of hydrogen-bond donors (Lipinski definition) is 2. The van der Waals surface area contributed by atoms with Crippen molar-refractivity contribution < 1.29 is 4.79 Å². The second-order valence-electron chi connectivity index (χ2n) is 3.71. The number of aromatic nitrogens is 2. The van der Waals surface area contributed by atoms with Gasteiger partial charge in [-0.3, -0.25) is 9.59 Å². The zero-order chi connectivity index (χ0) is 13.1. The summed E-state index contributed by atoms with van der Waals surface area (Å²) in [5.41, 5.74) is 0.908. The molecule has 0 saturated carbocycles. The van der Waals surface area contributed by atoms with Crippen molar-refractivity contribution >= 4 is 27.5 Å². The number of hydrogen-bond acceptors (Lipinski definition) is 3. The molecule has 0 aliphatic rings. The van der Waals surface area contributed by atoms with E-state index in [1.54, 1.807) is 25.1 Å². The summed E-state index contributed by atoms with van der Waals surface area (Å²) in [4.78, 5) is 30.0. The number of rotatable bonds is 2. The predicted molar refractivity (Wildman–Crippen MR) is 71.7 cm³/mol. The zero-order valence-corrected chi connectivity index (χ0v) is 11.1. The number of H-pyrrole nitrogens is 1. The highest BCUT2D eigenvalue weighted by molar-refractivity contribution is 9.10. The summed E-state index contributed by atoms with van der Waals surface area (Å²) in [6.45, 7) is 1.75. The Labute approximate surface area is 111 Å². The van der Waals surface area contributed by atoms with Crippen molar-refractivity contribution in [2.45, 2.75) is 6.92 Å². The van der Waals surface area contributed by atoms with Crippen LogP contribution in [0.4, 0.5) is 5.69 Å². The number of halogens is 1. The van der Waals surface area contributed by atoms with Gasteiger partial charge in [-0.1, -0.05) is 0 Å². The van der Waals surface area contributed by atoms with E-state index in [-0.39, 0.29) is 5.56 Å². The fourth-order valence-corrected chi connectivity index (χ4v) is 1.63. The molecular formula is C12H10BrN3O2. The first-order valence-electron chi connectivity index (χ1n) is 5.19. The summed E-state index contributed by atoms with van der Waals surface area (Å²) < 4.78 is 0.675. The zero-order valence-electron chi connectivity index (χ0n) is 9.53. The van der Waals surface area contributed by atoms with Crippen LogP contribution in [0, 0.1) is 6.92 Å². The molecule has 2 N–H and O–H groups in total. The second kappa shape index (κ2) is 5.14. The Morgan fingerprint density at radius 3 is 2.72 bits per heavy atom. The van der Waals surface area contributed by atoms with Crippen LogP contribution < -0.4 is 10.9 Å². The number of nitrogens with zero attached hydrogens (tertiary/aromatic N) is 1. The third kappa shape index (κ3) is 2.84. The van der Waals surface area contributed by atoms with E-state index >= 15 is 0 Å². The van der Waals surface area contributed by atoms with Gasteiger partial charge in [-0.15, -0.1) is 0 Å². The van der Waals surface area contributed by atoms with Crippen LogP contribution in [0.1, 0.15) is 16.1 Å². The molecule has 6 heteroatoms. The number of pyridine rings is 2. The average molecular weight is 308 g/mol. The second-order valence-corrected chi connectivity index (χ2v) is 4.52. The van der Waals surface area contributed by atoms with Crippen molar-refractivity contribution in [1.29, 1.82) is 0 Å². The van der Waals surface area contributed by atoms with Gasteiger partial charge < -0.3 is 10.3 Å². The monoisotopic (exact) mass is 307 g/mol. The topological polar surface area (TPSA) is 74.8 Å². The number of amides is 1. The summed E-state index contributed by atoms with van der Waals surface area (Å²) in [7, 11) is 0. The highest BCUT2D eigenvalue weighted by Gasteiger charge is 2.10. The van der Waals surface area contributed by atoms with Crippen LogP contribution in [0.25, 0.3) is 0 Å². The molecule has 2 heterocycles. The molecule has 0 saturated heterocycles. The van der Waals surface area contributed by atoms with E-state index in [4.69, 9.17) is 0 Å². The van der Waals surface area contributed by atoms with Crippen LogP contribution in [0.15, 0.2) is 39.9 Å². The molecule has 0 atom stereocenters. The van der Waals surface area contributed by atoms with Gasteiger partial charge in [-0.05, 0) is 47.1 Å². The van der Waals surface area contributed by atoms with Crippen LogP contribution in [0.2, 0.25) is 0 Å². The third-order valence-corrected chi connectivity index (χ3v) is 2.75. The van der Waals surface area contributed by atoms with Crippen LogP contribution in [-0.4, -0.2) is 15.9 Å². The van der Waals surface area contributed by atoms with Crippen LogP contribution in [0.3, 0.4) is 0 Å². The lowest BCUT2D eigenvalue weighted by atomic mass is 10.2. The Morgan fingerprint density at radius 2 is 2.11 bits per heavy atom. The van der Waals surface area contributed by atoms with Gasteiger partial charge >= 0.3 is 0 Å². The number of carbonyl (C=O) groups excluding carboxylic acids is 1. The summed E-state index contributed by atoms with van der Waals surface area (Å²) in [5.74, 6) is -0.458. The molecule has 2 aromatic rings. The standard InChI is InChI=1S/C12H10BrN3O2/c1-7-2-4-9(11(17)15-7)12(18)16-8-3-5-10(13)14-6-8/h2-6H,1H3,(H,15,17)(H,16,18). The molecule has 0 radical (unpaired) electrons. The molecule has 0 bridgehead atoms. The molecule has 1 amide bonds. The van der Waals surface area contributed by atoms with E-state index in [1.807, 2.05) is 0 Å². The van der Waals surface area contributed by atoms with Crippen molar-refractivity contribution in [3.05, 3.63) is 56.7 Å². The first-order valence-corrected chi connectivity index (χ1v) is 5.98. The maximum absolute atomic E-state index is 11.9. The largest absolute Gasteiger partial charge is 0.326 e. The van der Waals surface area contributed by atoms with E-state index in [0.29, 0.717) is 16.0 Å². The van der Waals surface area contributed by atoms with E-state index in [9.17, 15) is 9.59 Å². The molecule has 18 heavy (non-hydrogen) atoms. The number of anilines is 1. The first kappa shape index (κ1) is 12.5. The summed E-state index contributed by atoms with van der Waals surface area (Å²) in [5, 5.41) is 2.60.